The summed E-state index contributed by atoms with van der Waals surface area (Å²) in [5.74, 6) is 0.185. The molecule has 1 atom stereocenters. The van der Waals surface area contributed by atoms with E-state index in [1.54, 1.807) is 11.2 Å². The van der Waals surface area contributed by atoms with E-state index in [1.165, 1.54) is 5.56 Å². The zero-order valence-electron chi connectivity index (χ0n) is 10.9. The third-order valence-electron chi connectivity index (χ3n) is 3.30. The van der Waals surface area contributed by atoms with Crippen LogP contribution >= 0.6 is 0 Å². The summed E-state index contributed by atoms with van der Waals surface area (Å²) in [5, 5.41) is 3.40. The van der Waals surface area contributed by atoms with Crippen LogP contribution in [0.25, 0.3) is 0 Å². The van der Waals surface area contributed by atoms with Crippen LogP contribution in [-0.4, -0.2) is 37.6 Å². The smallest absolute Gasteiger partial charge is 0.213 e. The largest absolute Gasteiger partial charge is 0.381 e. The van der Waals surface area contributed by atoms with Crippen molar-refractivity contribution < 1.29 is 8.42 Å². The highest BCUT2D eigenvalue weighted by Gasteiger charge is 2.29. The molecule has 4 nitrogen and oxygen atoms in total. The Hall–Kier alpha value is -1.07. The van der Waals surface area contributed by atoms with E-state index in [2.05, 4.69) is 11.4 Å². The molecule has 0 amide bonds. The Bertz CT molecular complexity index is 513. The standard InChI is InChI=1S/C13H20N2O2S/c1-3-18(16,17)15-8-7-13(10-15)14-12-6-4-5-11(2)9-12/h4-6,9,13-14H,3,7-8,10H2,1-2H3/t13-/m1/s1. The van der Waals surface area contributed by atoms with Crippen molar-refractivity contribution in [3.8, 4) is 0 Å². The minimum absolute atomic E-state index is 0.185. The normalized spacial score (nSPS) is 21.1. The van der Waals surface area contributed by atoms with E-state index < -0.39 is 10.0 Å². The van der Waals surface area contributed by atoms with Gasteiger partial charge in [-0.05, 0) is 38.0 Å². The van der Waals surface area contributed by atoms with Crippen LogP contribution in [-0.2, 0) is 10.0 Å². The van der Waals surface area contributed by atoms with Gasteiger partial charge in [0.25, 0.3) is 0 Å². The molecule has 5 heteroatoms. The van der Waals surface area contributed by atoms with Crippen molar-refractivity contribution >= 4 is 15.7 Å². The lowest BCUT2D eigenvalue weighted by molar-refractivity contribution is 0.476. The van der Waals surface area contributed by atoms with Gasteiger partial charge in [0.1, 0.15) is 0 Å². The minimum Gasteiger partial charge on any atom is -0.381 e. The number of hydrogen-bond acceptors (Lipinski definition) is 3. The van der Waals surface area contributed by atoms with Crippen LogP contribution in [0.4, 0.5) is 5.69 Å². The molecule has 0 bridgehead atoms. The molecule has 0 aliphatic carbocycles. The summed E-state index contributed by atoms with van der Waals surface area (Å²) in [6, 6.07) is 8.37. The lowest BCUT2D eigenvalue weighted by atomic mass is 10.2. The zero-order chi connectivity index (χ0) is 13.2. The molecular formula is C13H20N2O2S. The number of aryl methyl sites for hydroxylation is 1. The van der Waals surface area contributed by atoms with Crippen molar-refractivity contribution in [3.63, 3.8) is 0 Å². The highest BCUT2D eigenvalue weighted by atomic mass is 32.2. The average molecular weight is 268 g/mol. The molecule has 0 spiro atoms. The van der Waals surface area contributed by atoms with Crippen LogP contribution in [0.1, 0.15) is 18.9 Å². The first-order valence-corrected chi connectivity index (χ1v) is 7.93. The maximum absolute atomic E-state index is 11.8. The molecule has 0 saturated carbocycles. The number of rotatable bonds is 4. The van der Waals surface area contributed by atoms with Crippen molar-refractivity contribution in [1.82, 2.24) is 4.31 Å². The SMILES string of the molecule is CCS(=O)(=O)N1CC[C@@H](Nc2cccc(C)c2)C1. The summed E-state index contributed by atoms with van der Waals surface area (Å²) in [6.07, 6.45) is 0.868. The van der Waals surface area contributed by atoms with Crippen molar-refractivity contribution in [2.75, 3.05) is 24.2 Å². The Labute approximate surface area is 109 Å². The van der Waals surface area contributed by atoms with Crippen LogP contribution in [0.5, 0.6) is 0 Å². The molecule has 1 aromatic rings. The van der Waals surface area contributed by atoms with Crippen LogP contribution in [0.15, 0.2) is 24.3 Å². The van der Waals surface area contributed by atoms with Gasteiger partial charge in [0.15, 0.2) is 0 Å². The Morgan fingerprint density at radius 1 is 1.44 bits per heavy atom. The molecule has 0 unspecified atom stereocenters. The number of nitrogens with zero attached hydrogens (tertiary/aromatic N) is 1. The van der Waals surface area contributed by atoms with Gasteiger partial charge >= 0.3 is 0 Å². The number of hydrogen-bond donors (Lipinski definition) is 1. The summed E-state index contributed by atoms with van der Waals surface area (Å²) in [4.78, 5) is 0. The molecule has 1 heterocycles. The Morgan fingerprint density at radius 3 is 2.89 bits per heavy atom. The summed E-state index contributed by atoms with van der Waals surface area (Å²) in [5.41, 5.74) is 2.27. The van der Waals surface area contributed by atoms with Crippen molar-refractivity contribution in [2.45, 2.75) is 26.3 Å². The molecule has 18 heavy (non-hydrogen) atoms. The molecular weight excluding hydrogens is 248 g/mol. The van der Waals surface area contributed by atoms with Crippen LogP contribution in [0, 0.1) is 6.92 Å². The first-order valence-electron chi connectivity index (χ1n) is 6.32. The third-order valence-corrected chi connectivity index (χ3v) is 5.15. The molecule has 0 radical (unpaired) electrons. The summed E-state index contributed by atoms with van der Waals surface area (Å²) in [7, 11) is -3.04. The lowest BCUT2D eigenvalue weighted by Gasteiger charge is -2.17. The fraction of sp³-hybridized carbons (Fsp3) is 0.538. The highest BCUT2D eigenvalue weighted by molar-refractivity contribution is 7.89. The predicted octanol–water partition coefficient (Wildman–Crippen LogP) is 1.83. The zero-order valence-corrected chi connectivity index (χ0v) is 11.7. The quantitative estimate of drug-likeness (QED) is 0.906. The van der Waals surface area contributed by atoms with E-state index in [1.807, 2.05) is 25.1 Å². The van der Waals surface area contributed by atoms with Gasteiger partial charge in [-0.15, -0.1) is 0 Å². The van der Waals surface area contributed by atoms with Crippen molar-refractivity contribution in [2.24, 2.45) is 0 Å². The summed E-state index contributed by atoms with van der Waals surface area (Å²) >= 11 is 0. The first kappa shape index (κ1) is 13.4. The molecule has 100 valence electrons. The highest BCUT2D eigenvalue weighted by Crippen LogP contribution is 2.19. The topological polar surface area (TPSA) is 49.4 Å². The molecule has 1 aliphatic heterocycles. The van der Waals surface area contributed by atoms with E-state index >= 15 is 0 Å². The Kier molecular flexibility index (Phi) is 3.92. The van der Waals surface area contributed by atoms with E-state index in [0.29, 0.717) is 13.1 Å². The maximum Gasteiger partial charge on any atom is 0.213 e. The second kappa shape index (κ2) is 5.28. The molecule has 0 aromatic heterocycles. The number of nitrogens with one attached hydrogen (secondary N) is 1. The van der Waals surface area contributed by atoms with Gasteiger partial charge in [0.2, 0.25) is 10.0 Å². The second-order valence-corrected chi connectivity index (χ2v) is 7.02. The van der Waals surface area contributed by atoms with Gasteiger partial charge in [-0.2, -0.15) is 4.31 Å². The average Bonchev–Trinajstić information content (AvgIpc) is 2.78. The fourth-order valence-corrected chi connectivity index (χ4v) is 3.41. The maximum atomic E-state index is 11.8. The summed E-state index contributed by atoms with van der Waals surface area (Å²) < 4.78 is 25.1. The minimum atomic E-state index is -3.04. The van der Waals surface area contributed by atoms with E-state index in [-0.39, 0.29) is 11.8 Å². The van der Waals surface area contributed by atoms with Crippen LogP contribution < -0.4 is 5.32 Å². The molecule has 1 saturated heterocycles. The predicted molar refractivity (Wildman–Crippen MR) is 74.2 cm³/mol. The molecule has 1 N–H and O–H groups in total. The van der Waals surface area contributed by atoms with Crippen LogP contribution in [0.3, 0.4) is 0 Å². The number of sulfonamides is 1. The fourth-order valence-electron chi connectivity index (χ4n) is 2.25. The van der Waals surface area contributed by atoms with Gasteiger partial charge in [0, 0.05) is 24.8 Å². The molecule has 1 aromatic carbocycles. The Morgan fingerprint density at radius 2 is 2.22 bits per heavy atom. The second-order valence-electron chi connectivity index (χ2n) is 4.76. The molecule has 1 fully saturated rings. The first-order chi connectivity index (χ1) is 8.51. The van der Waals surface area contributed by atoms with Gasteiger partial charge in [0.05, 0.1) is 5.75 Å². The van der Waals surface area contributed by atoms with Gasteiger partial charge in [-0.1, -0.05) is 12.1 Å². The van der Waals surface area contributed by atoms with E-state index in [0.717, 1.165) is 12.1 Å². The van der Waals surface area contributed by atoms with Gasteiger partial charge in [-0.25, -0.2) is 8.42 Å². The van der Waals surface area contributed by atoms with Crippen molar-refractivity contribution in [3.05, 3.63) is 29.8 Å². The third kappa shape index (κ3) is 3.03. The van der Waals surface area contributed by atoms with Gasteiger partial charge < -0.3 is 5.32 Å². The summed E-state index contributed by atoms with van der Waals surface area (Å²) in [6.45, 7) is 4.94. The van der Waals surface area contributed by atoms with Crippen LogP contribution in [0.2, 0.25) is 0 Å². The monoisotopic (exact) mass is 268 g/mol. The van der Waals surface area contributed by atoms with E-state index in [9.17, 15) is 8.42 Å². The van der Waals surface area contributed by atoms with Crippen molar-refractivity contribution in [1.29, 1.82) is 0 Å². The Balaban J connectivity index is 1.98. The lowest BCUT2D eigenvalue weighted by Crippen LogP contribution is -2.32. The number of anilines is 1. The molecule has 2 rings (SSSR count). The van der Waals surface area contributed by atoms with Gasteiger partial charge in [-0.3, -0.25) is 0 Å². The molecule has 1 aliphatic rings. The van der Waals surface area contributed by atoms with E-state index in [4.69, 9.17) is 0 Å². The number of benzene rings is 1.